The van der Waals surface area contributed by atoms with Crippen LogP contribution in [0.1, 0.15) is 12.8 Å². The highest BCUT2D eigenvalue weighted by Crippen LogP contribution is 2.42. The number of halogens is 2. The highest BCUT2D eigenvalue weighted by atomic mass is 19.3. The Balaban J connectivity index is 2.18. The number of hydrogen-bond donors (Lipinski definition) is 0. The number of rotatable bonds is 3. The summed E-state index contributed by atoms with van der Waals surface area (Å²) in [5.74, 6) is -2.22. The van der Waals surface area contributed by atoms with Crippen molar-refractivity contribution in [3.8, 4) is 0 Å². The van der Waals surface area contributed by atoms with Gasteiger partial charge in [0.2, 0.25) is 5.92 Å². The van der Waals surface area contributed by atoms with E-state index in [-0.39, 0.29) is 18.8 Å². The molecule has 0 aromatic carbocycles. The first kappa shape index (κ1) is 8.50. The summed E-state index contributed by atoms with van der Waals surface area (Å²) in [6.45, 7) is 4.25. The Kier molecular flexibility index (Phi) is 2.16. The lowest BCUT2D eigenvalue weighted by Crippen LogP contribution is -2.40. The Morgan fingerprint density at radius 1 is 1.64 bits per heavy atom. The van der Waals surface area contributed by atoms with Gasteiger partial charge in [-0.1, -0.05) is 6.58 Å². The second kappa shape index (κ2) is 2.80. The van der Waals surface area contributed by atoms with Gasteiger partial charge in [-0.05, 0) is 12.1 Å². The molecule has 1 nitrogen and oxygen atoms in total. The van der Waals surface area contributed by atoms with E-state index in [0.29, 0.717) is 6.54 Å². The van der Waals surface area contributed by atoms with Crippen LogP contribution in [0.3, 0.4) is 0 Å². The van der Waals surface area contributed by atoms with Gasteiger partial charge >= 0.3 is 0 Å². The molecule has 1 fully saturated rings. The smallest absolute Gasteiger partial charge is 0.248 e. The Morgan fingerprint density at radius 2 is 2.18 bits per heavy atom. The lowest BCUT2D eigenvalue weighted by molar-refractivity contribution is -0.113. The topological polar surface area (TPSA) is 3.24 Å². The molecule has 1 saturated carbocycles. The third-order valence-corrected chi connectivity index (χ3v) is 2.03. The van der Waals surface area contributed by atoms with Crippen LogP contribution >= 0.6 is 0 Å². The van der Waals surface area contributed by atoms with Crippen LogP contribution in [0.2, 0.25) is 0 Å². The minimum absolute atomic E-state index is 0.0468. The van der Waals surface area contributed by atoms with Gasteiger partial charge in [-0.3, -0.25) is 0 Å². The van der Waals surface area contributed by atoms with Crippen LogP contribution < -0.4 is 0 Å². The summed E-state index contributed by atoms with van der Waals surface area (Å²) in [5, 5.41) is 0. The zero-order valence-electron chi connectivity index (χ0n) is 6.69. The molecule has 11 heavy (non-hydrogen) atoms. The summed E-state index contributed by atoms with van der Waals surface area (Å²) < 4.78 is 24.6. The summed E-state index contributed by atoms with van der Waals surface area (Å²) in [7, 11) is 1.85. The van der Waals surface area contributed by atoms with Crippen LogP contribution in [0.15, 0.2) is 12.8 Å². The molecule has 0 aliphatic heterocycles. The van der Waals surface area contributed by atoms with Gasteiger partial charge in [0.05, 0.1) is 0 Å². The summed E-state index contributed by atoms with van der Waals surface area (Å²) >= 11 is 0. The van der Waals surface area contributed by atoms with Crippen molar-refractivity contribution in [2.24, 2.45) is 5.92 Å². The minimum atomic E-state index is -2.38. The van der Waals surface area contributed by atoms with E-state index in [4.69, 9.17) is 0 Å². The monoisotopic (exact) mass is 161 g/mol. The number of hydrogen-bond acceptors (Lipinski definition) is 1. The van der Waals surface area contributed by atoms with Gasteiger partial charge in [-0.15, -0.1) is 0 Å². The summed E-state index contributed by atoms with van der Waals surface area (Å²) in [6, 6.07) is 0. The van der Waals surface area contributed by atoms with Crippen molar-refractivity contribution in [2.75, 3.05) is 13.6 Å². The molecule has 0 atom stereocenters. The first-order valence-electron chi connectivity index (χ1n) is 3.74. The Hall–Kier alpha value is -0.600. The molecule has 0 spiro atoms. The van der Waals surface area contributed by atoms with E-state index < -0.39 is 5.92 Å². The van der Waals surface area contributed by atoms with Crippen LogP contribution in [0, 0.1) is 5.92 Å². The minimum Gasteiger partial charge on any atom is -0.381 e. The van der Waals surface area contributed by atoms with Gasteiger partial charge in [-0.25, -0.2) is 8.78 Å². The van der Waals surface area contributed by atoms with Crippen LogP contribution in [0.5, 0.6) is 0 Å². The van der Waals surface area contributed by atoms with Crippen LogP contribution in [0.4, 0.5) is 8.78 Å². The quantitative estimate of drug-likeness (QED) is 0.612. The van der Waals surface area contributed by atoms with Crippen LogP contribution in [0.25, 0.3) is 0 Å². The highest BCUT2D eigenvalue weighted by molar-refractivity contribution is 4.88. The third kappa shape index (κ3) is 2.17. The average Bonchev–Trinajstić information content (AvgIpc) is 1.83. The van der Waals surface area contributed by atoms with E-state index in [1.807, 2.05) is 11.9 Å². The molecular formula is C8H13F2N. The zero-order chi connectivity index (χ0) is 8.48. The average molecular weight is 161 g/mol. The molecule has 0 aromatic heterocycles. The molecule has 64 valence electrons. The van der Waals surface area contributed by atoms with E-state index in [2.05, 4.69) is 6.58 Å². The third-order valence-electron chi connectivity index (χ3n) is 2.03. The highest BCUT2D eigenvalue weighted by Gasteiger charge is 2.45. The van der Waals surface area contributed by atoms with E-state index in [9.17, 15) is 8.78 Å². The number of alkyl halides is 2. The van der Waals surface area contributed by atoms with Crippen molar-refractivity contribution in [1.82, 2.24) is 4.90 Å². The molecule has 0 radical (unpaired) electrons. The molecule has 0 heterocycles. The van der Waals surface area contributed by atoms with E-state index in [1.54, 1.807) is 6.20 Å². The fourth-order valence-electron chi connectivity index (χ4n) is 1.40. The van der Waals surface area contributed by atoms with E-state index >= 15 is 0 Å². The lowest BCUT2D eigenvalue weighted by Gasteiger charge is -2.36. The molecular weight excluding hydrogens is 148 g/mol. The molecule has 0 unspecified atom stereocenters. The van der Waals surface area contributed by atoms with Crippen molar-refractivity contribution in [1.29, 1.82) is 0 Å². The fraction of sp³-hybridized carbons (Fsp3) is 0.750. The maximum absolute atomic E-state index is 12.3. The van der Waals surface area contributed by atoms with E-state index in [1.165, 1.54) is 0 Å². The molecule has 0 aromatic rings. The molecule has 0 saturated heterocycles. The standard InChI is InChI=1S/C8H13F2N/c1-3-11(2)6-7-4-8(9,10)5-7/h3,7H,1,4-6H2,2H3. The molecule has 3 heteroatoms. The maximum Gasteiger partial charge on any atom is 0.248 e. The molecule has 1 rings (SSSR count). The Labute approximate surface area is 65.7 Å². The zero-order valence-corrected chi connectivity index (χ0v) is 6.69. The lowest BCUT2D eigenvalue weighted by atomic mass is 9.81. The predicted octanol–water partition coefficient (Wildman–Crippen LogP) is 2.11. The first-order chi connectivity index (χ1) is 5.03. The van der Waals surface area contributed by atoms with Gasteiger partial charge in [0.15, 0.2) is 0 Å². The molecule has 0 amide bonds. The molecule has 0 bridgehead atoms. The van der Waals surface area contributed by atoms with Gasteiger partial charge < -0.3 is 4.90 Å². The summed E-state index contributed by atoms with van der Waals surface area (Å²) in [6.07, 6.45) is 1.76. The van der Waals surface area contributed by atoms with Gasteiger partial charge in [0, 0.05) is 26.4 Å². The van der Waals surface area contributed by atoms with Crippen LogP contribution in [-0.4, -0.2) is 24.4 Å². The van der Waals surface area contributed by atoms with Crippen LogP contribution in [-0.2, 0) is 0 Å². The second-order valence-electron chi connectivity index (χ2n) is 3.25. The number of nitrogens with zero attached hydrogens (tertiary/aromatic N) is 1. The van der Waals surface area contributed by atoms with Crippen molar-refractivity contribution < 1.29 is 8.78 Å². The normalized spacial score (nSPS) is 22.5. The first-order valence-corrected chi connectivity index (χ1v) is 3.74. The van der Waals surface area contributed by atoms with Crippen molar-refractivity contribution in [2.45, 2.75) is 18.8 Å². The SMILES string of the molecule is C=CN(C)CC1CC(F)(F)C1. The largest absolute Gasteiger partial charge is 0.381 e. The Bertz CT molecular complexity index is 148. The van der Waals surface area contributed by atoms with Gasteiger partial charge in [0.1, 0.15) is 0 Å². The Morgan fingerprint density at radius 3 is 2.55 bits per heavy atom. The van der Waals surface area contributed by atoms with Crippen molar-refractivity contribution >= 4 is 0 Å². The van der Waals surface area contributed by atoms with Crippen molar-refractivity contribution in [3.63, 3.8) is 0 Å². The molecule has 1 aliphatic rings. The van der Waals surface area contributed by atoms with Gasteiger partial charge in [-0.2, -0.15) is 0 Å². The van der Waals surface area contributed by atoms with Crippen molar-refractivity contribution in [3.05, 3.63) is 12.8 Å². The van der Waals surface area contributed by atoms with E-state index in [0.717, 1.165) is 0 Å². The summed E-state index contributed by atoms with van der Waals surface area (Å²) in [5.41, 5.74) is 0. The summed E-state index contributed by atoms with van der Waals surface area (Å²) in [4.78, 5) is 1.85. The molecule has 0 N–H and O–H groups in total. The molecule has 1 aliphatic carbocycles. The second-order valence-corrected chi connectivity index (χ2v) is 3.25. The maximum atomic E-state index is 12.3. The van der Waals surface area contributed by atoms with Gasteiger partial charge in [0.25, 0.3) is 0 Å². The predicted molar refractivity (Wildman–Crippen MR) is 40.5 cm³/mol. The fourth-order valence-corrected chi connectivity index (χ4v) is 1.40.